The van der Waals surface area contributed by atoms with E-state index in [0.717, 1.165) is 24.8 Å². The van der Waals surface area contributed by atoms with Gasteiger partial charge in [0.1, 0.15) is 0 Å². The molecule has 1 rings (SSSR count). The quantitative estimate of drug-likeness (QED) is 0.420. The van der Waals surface area contributed by atoms with Gasteiger partial charge in [-0.25, -0.2) is 0 Å². The number of Topliss-reactive ketones (excluding diaryl/α,β-unsaturated/α-hetero) is 1. The van der Waals surface area contributed by atoms with Gasteiger partial charge in [-0.1, -0.05) is 25.5 Å². The van der Waals surface area contributed by atoms with Crippen LogP contribution in [0.4, 0.5) is 0 Å². The van der Waals surface area contributed by atoms with Gasteiger partial charge in [0.2, 0.25) is 5.78 Å². The fourth-order valence-electron chi connectivity index (χ4n) is 1.56. The Labute approximate surface area is 90.3 Å². The molecule has 0 amide bonds. The zero-order valence-corrected chi connectivity index (χ0v) is 9.25. The van der Waals surface area contributed by atoms with Crippen molar-refractivity contribution in [2.24, 2.45) is 0 Å². The first-order chi connectivity index (χ1) is 7.19. The average Bonchev–Trinajstić information content (AvgIpc) is 2.26. The molecule has 0 fully saturated rings. The fraction of sp³-hybridized carbons (Fsp3) is 0.385. The summed E-state index contributed by atoms with van der Waals surface area (Å²) in [5, 5.41) is 0. The number of benzene rings is 1. The van der Waals surface area contributed by atoms with Gasteiger partial charge in [-0.3, -0.25) is 9.59 Å². The summed E-state index contributed by atoms with van der Waals surface area (Å²) in [4.78, 5) is 21.4. The lowest BCUT2D eigenvalue weighted by molar-refractivity contribution is -0.104. The summed E-state index contributed by atoms with van der Waals surface area (Å²) in [7, 11) is 0. The summed E-state index contributed by atoms with van der Waals surface area (Å²) in [6, 6.07) is 5.47. The number of aldehydes is 1. The monoisotopic (exact) mass is 204 g/mol. The molecule has 0 saturated carbocycles. The van der Waals surface area contributed by atoms with E-state index in [2.05, 4.69) is 6.92 Å². The Hall–Kier alpha value is -1.44. The first-order valence-electron chi connectivity index (χ1n) is 5.28. The van der Waals surface area contributed by atoms with Crippen molar-refractivity contribution in [2.75, 3.05) is 0 Å². The van der Waals surface area contributed by atoms with Crippen molar-refractivity contribution >= 4 is 12.1 Å². The third-order valence-electron chi connectivity index (χ3n) is 2.53. The number of carbonyl (C=O) groups excluding carboxylic acids is 2. The van der Waals surface area contributed by atoms with E-state index >= 15 is 0 Å². The maximum Gasteiger partial charge on any atom is 0.225 e. The Bertz CT molecular complexity index is 367. The molecule has 0 bridgehead atoms. The number of ketones is 1. The van der Waals surface area contributed by atoms with Gasteiger partial charge in [-0.2, -0.15) is 0 Å². The van der Waals surface area contributed by atoms with E-state index in [1.807, 2.05) is 13.0 Å². The summed E-state index contributed by atoms with van der Waals surface area (Å²) in [5.41, 5.74) is 2.85. The molecule has 15 heavy (non-hydrogen) atoms. The van der Waals surface area contributed by atoms with Gasteiger partial charge in [0, 0.05) is 5.56 Å². The predicted octanol–water partition coefficient (Wildman–Crippen LogP) is 2.72. The van der Waals surface area contributed by atoms with E-state index in [-0.39, 0.29) is 0 Å². The summed E-state index contributed by atoms with van der Waals surface area (Å²) < 4.78 is 0. The minimum atomic E-state index is -0.444. The lowest BCUT2D eigenvalue weighted by Gasteiger charge is -2.05. The van der Waals surface area contributed by atoms with Crippen molar-refractivity contribution in [3.05, 3.63) is 34.9 Å². The standard InChI is InChI=1S/C13H16O2/c1-3-4-5-11-6-7-12(8-10(11)2)13(15)9-14/h6-9H,3-5H2,1-2H3. The Morgan fingerprint density at radius 1 is 1.40 bits per heavy atom. The summed E-state index contributed by atoms with van der Waals surface area (Å²) in [6.45, 7) is 4.13. The molecule has 0 unspecified atom stereocenters. The van der Waals surface area contributed by atoms with Crippen LogP contribution in [0, 0.1) is 6.92 Å². The number of unbranched alkanes of at least 4 members (excludes halogenated alkanes) is 1. The Morgan fingerprint density at radius 3 is 2.67 bits per heavy atom. The van der Waals surface area contributed by atoms with Crippen LogP contribution in [0.25, 0.3) is 0 Å². The molecular weight excluding hydrogens is 188 g/mol. The number of rotatable bonds is 5. The Balaban J connectivity index is 2.87. The normalized spacial score (nSPS) is 10.0. The van der Waals surface area contributed by atoms with Crippen LogP contribution in [0.2, 0.25) is 0 Å². The zero-order valence-electron chi connectivity index (χ0n) is 9.25. The zero-order chi connectivity index (χ0) is 11.3. The largest absolute Gasteiger partial charge is 0.294 e. The van der Waals surface area contributed by atoms with Crippen molar-refractivity contribution in [2.45, 2.75) is 33.1 Å². The number of aryl methyl sites for hydroxylation is 2. The lowest BCUT2D eigenvalue weighted by atomic mass is 9.99. The van der Waals surface area contributed by atoms with Crippen molar-refractivity contribution in [3.8, 4) is 0 Å². The molecule has 0 atom stereocenters. The highest BCUT2D eigenvalue weighted by Gasteiger charge is 2.05. The topological polar surface area (TPSA) is 34.1 Å². The van der Waals surface area contributed by atoms with E-state index in [4.69, 9.17) is 0 Å². The third kappa shape index (κ3) is 3.01. The van der Waals surface area contributed by atoms with Crippen molar-refractivity contribution < 1.29 is 9.59 Å². The molecule has 0 aromatic heterocycles. The molecule has 0 aliphatic rings. The van der Waals surface area contributed by atoms with E-state index in [9.17, 15) is 9.59 Å². The lowest BCUT2D eigenvalue weighted by Crippen LogP contribution is -2.01. The molecule has 0 heterocycles. The molecule has 0 radical (unpaired) electrons. The van der Waals surface area contributed by atoms with Gasteiger partial charge in [0.15, 0.2) is 6.29 Å². The van der Waals surface area contributed by atoms with Crippen LogP contribution < -0.4 is 0 Å². The van der Waals surface area contributed by atoms with Crippen LogP contribution in [0.1, 0.15) is 41.3 Å². The highest BCUT2D eigenvalue weighted by Crippen LogP contribution is 2.13. The number of carbonyl (C=O) groups is 2. The van der Waals surface area contributed by atoms with Crippen molar-refractivity contribution in [3.63, 3.8) is 0 Å². The van der Waals surface area contributed by atoms with Crippen molar-refractivity contribution in [1.82, 2.24) is 0 Å². The van der Waals surface area contributed by atoms with Crippen molar-refractivity contribution in [1.29, 1.82) is 0 Å². The molecular formula is C13H16O2. The van der Waals surface area contributed by atoms with Crippen LogP contribution in [0.5, 0.6) is 0 Å². The SMILES string of the molecule is CCCCc1ccc(C(=O)C=O)cc1C. The molecule has 0 spiro atoms. The highest BCUT2D eigenvalue weighted by atomic mass is 16.2. The maximum atomic E-state index is 11.1. The first kappa shape index (κ1) is 11.6. The van der Waals surface area contributed by atoms with Crippen LogP contribution in [0.3, 0.4) is 0 Å². The van der Waals surface area contributed by atoms with Gasteiger partial charge in [-0.05, 0) is 37.0 Å². The minimum Gasteiger partial charge on any atom is -0.294 e. The fourth-order valence-corrected chi connectivity index (χ4v) is 1.56. The van der Waals surface area contributed by atoms with E-state index in [1.165, 1.54) is 5.56 Å². The second kappa shape index (κ2) is 5.44. The molecule has 0 aliphatic heterocycles. The third-order valence-corrected chi connectivity index (χ3v) is 2.53. The number of hydrogen-bond acceptors (Lipinski definition) is 2. The molecule has 1 aromatic carbocycles. The van der Waals surface area contributed by atoms with E-state index in [0.29, 0.717) is 11.8 Å². The maximum absolute atomic E-state index is 11.1. The Kier molecular flexibility index (Phi) is 4.22. The molecule has 0 aliphatic carbocycles. The predicted molar refractivity (Wildman–Crippen MR) is 60.2 cm³/mol. The van der Waals surface area contributed by atoms with Gasteiger partial charge >= 0.3 is 0 Å². The summed E-state index contributed by atoms with van der Waals surface area (Å²) in [5.74, 6) is -0.444. The summed E-state index contributed by atoms with van der Waals surface area (Å²) >= 11 is 0. The molecule has 0 N–H and O–H groups in total. The minimum absolute atomic E-state index is 0.362. The molecule has 2 heteroatoms. The van der Waals surface area contributed by atoms with Crippen LogP contribution >= 0.6 is 0 Å². The van der Waals surface area contributed by atoms with Crippen LogP contribution in [-0.4, -0.2) is 12.1 Å². The second-order valence-corrected chi connectivity index (χ2v) is 3.73. The smallest absolute Gasteiger partial charge is 0.225 e. The molecule has 0 saturated heterocycles. The van der Waals surface area contributed by atoms with Crippen LogP contribution in [0.15, 0.2) is 18.2 Å². The molecule has 1 aromatic rings. The van der Waals surface area contributed by atoms with Gasteiger partial charge in [-0.15, -0.1) is 0 Å². The second-order valence-electron chi connectivity index (χ2n) is 3.73. The molecule has 80 valence electrons. The highest BCUT2D eigenvalue weighted by molar-refractivity contribution is 6.33. The van der Waals surface area contributed by atoms with E-state index < -0.39 is 5.78 Å². The first-order valence-corrected chi connectivity index (χ1v) is 5.28. The number of hydrogen-bond donors (Lipinski definition) is 0. The Morgan fingerprint density at radius 2 is 2.13 bits per heavy atom. The summed E-state index contributed by atoms with van der Waals surface area (Å²) in [6.07, 6.45) is 3.72. The molecule has 2 nitrogen and oxygen atoms in total. The van der Waals surface area contributed by atoms with E-state index in [1.54, 1.807) is 12.1 Å². The van der Waals surface area contributed by atoms with Gasteiger partial charge in [0.25, 0.3) is 0 Å². The van der Waals surface area contributed by atoms with Crippen LogP contribution in [-0.2, 0) is 11.2 Å². The van der Waals surface area contributed by atoms with Gasteiger partial charge in [0.05, 0.1) is 0 Å². The van der Waals surface area contributed by atoms with Gasteiger partial charge < -0.3 is 0 Å². The average molecular weight is 204 g/mol.